The molecule has 0 bridgehead atoms. The number of amides is 2. The predicted molar refractivity (Wildman–Crippen MR) is 93.4 cm³/mol. The van der Waals surface area contributed by atoms with Gasteiger partial charge in [0.1, 0.15) is 0 Å². The minimum Gasteiger partial charge on any atom is -0.357 e. The standard InChI is InChI=1S/C17H25F2N5O/c1-2-21-17(23-13-7-10-24(11-8-13)16(20)25)22-9-6-12-4-3-5-14(18)15(12)19/h3-5,13H,2,6-11H2,1H3,(H2,20,25)(H2,21,22,23). The van der Waals surface area contributed by atoms with Gasteiger partial charge < -0.3 is 21.3 Å². The second-order valence-corrected chi connectivity index (χ2v) is 5.97. The normalized spacial score (nSPS) is 16.0. The molecule has 1 aromatic rings. The van der Waals surface area contributed by atoms with Crippen LogP contribution in [0, 0.1) is 11.6 Å². The highest BCUT2D eigenvalue weighted by atomic mass is 19.2. The minimum absolute atomic E-state index is 0.194. The van der Waals surface area contributed by atoms with Gasteiger partial charge in [0, 0.05) is 32.2 Å². The first-order valence-electron chi connectivity index (χ1n) is 8.53. The lowest BCUT2D eigenvalue weighted by atomic mass is 10.1. The first-order valence-corrected chi connectivity index (χ1v) is 8.53. The summed E-state index contributed by atoms with van der Waals surface area (Å²) < 4.78 is 26.9. The number of nitrogens with two attached hydrogens (primary N) is 1. The second-order valence-electron chi connectivity index (χ2n) is 5.97. The zero-order valence-electron chi connectivity index (χ0n) is 14.4. The van der Waals surface area contributed by atoms with Crippen molar-refractivity contribution in [2.24, 2.45) is 10.7 Å². The van der Waals surface area contributed by atoms with E-state index < -0.39 is 17.7 Å². The summed E-state index contributed by atoms with van der Waals surface area (Å²) in [5, 5.41) is 6.46. The molecule has 6 nitrogen and oxygen atoms in total. The number of halogens is 2. The van der Waals surface area contributed by atoms with Crippen LogP contribution in [0.4, 0.5) is 13.6 Å². The Morgan fingerprint density at radius 3 is 2.72 bits per heavy atom. The van der Waals surface area contributed by atoms with Gasteiger partial charge in [0.2, 0.25) is 0 Å². The van der Waals surface area contributed by atoms with Crippen molar-refractivity contribution in [1.29, 1.82) is 0 Å². The van der Waals surface area contributed by atoms with Gasteiger partial charge in [-0.05, 0) is 37.8 Å². The van der Waals surface area contributed by atoms with Crippen LogP contribution in [-0.4, -0.2) is 49.1 Å². The minimum atomic E-state index is -0.840. The van der Waals surface area contributed by atoms with Crippen LogP contribution in [0.25, 0.3) is 0 Å². The highest BCUT2D eigenvalue weighted by Gasteiger charge is 2.21. The summed E-state index contributed by atoms with van der Waals surface area (Å²) in [6, 6.07) is 3.96. The summed E-state index contributed by atoms with van der Waals surface area (Å²) in [5.41, 5.74) is 5.59. The van der Waals surface area contributed by atoms with Crippen LogP contribution in [0.1, 0.15) is 25.3 Å². The van der Waals surface area contributed by atoms with E-state index >= 15 is 0 Å². The highest BCUT2D eigenvalue weighted by molar-refractivity contribution is 5.80. The van der Waals surface area contributed by atoms with Crippen molar-refractivity contribution in [3.63, 3.8) is 0 Å². The SMILES string of the molecule is CCNC(=NCCc1cccc(F)c1F)NC1CCN(C(N)=O)CC1. The maximum Gasteiger partial charge on any atom is 0.314 e. The average Bonchev–Trinajstić information content (AvgIpc) is 2.59. The molecule has 1 aliphatic heterocycles. The highest BCUT2D eigenvalue weighted by Crippen LogP contribution is 2.12. The number of nitrogens with one attached hydrogen (secondary N) is 2. The summed E-state index contributed by atoms with van der Waals surface area (Å²) >= 11 is 0. The van der Waals surface area contributed by atoms with Crippen LogP contribution in [0.15, 0.2) is 23.2 Å². The molecule has 0 spiro atoms. The van der Waals surface area contributed by atoms with Crippen molar-refractivity contribution >= 4 is 12.0 Å². The molecule has 1 heterocycles. The van der Waals surface area contributed by atoms with Gasteiger partial charge in [0.05, 0.1) is 0 Å². The maximum atomic E-state index is 13.7. The average molecular weight is 353 g/mol. The van der Waals surface area contributed by atoms with Crippen LogP contribution < -0.4 is 16.4 Å². The number of hydrogen-bond acceptors (Lipinski definition) is 2. The molecule has 0 aromatic heterocycles. The lowest BCUT2D eigenvalue weighted by molar-refractivity contribution is 0.188. The molecule has 0 radical (unpaired) electrons. The molecule has 0 saturated carbocycles. The molecule has 25 heavy (non-hydrogen) atoms. The third kappa shape index (κ3) is 5.58. The van der Waals surface area contributed by atoms with E-state index in [0.717, 1.165) is 18.9 Å². The van der Waals surface area contributed by atoms with E-state index in [9.17, 15) is 13.6 Å². The number of carbonyl (C=O) groups is 1. The monoisotopic (exact) mass is 353 g/mol. The van der Waals surface area contributed by atoms with Crippen molar-refractivity contribution < 1.29 is 13.6 Å². The number of aliphatic imine (C=N–C) groups is 1. The van der Waals surface area contributed by atoms with Gasteiger partial charge in [0.15, 0.2) is 17.6 Å². The molecule has 4 N–H and O–H groups in total. The number of rotatable bonds is 5. The van der Waals surface area contributed by atoms with Crippen molar-refractivity contribution in [2.75, 3.05) is 26.2 Å². The molecule has 1 aliphatic rings. The van der Waals surface area contributed by atoms with E-state index in [-0.39, 0.29) is 6.04 Å². The van der Waals surface area contributed by atoms with E-state index in [1.807, 2.05) is 6.92 Å². The Kier molecular flexibility index (Phi) is 6.97. The van der Waals surface area contributed by atoms with Crippen LogP contribution in [0.3, 0.4) is 0 Å². The van der Waals surface area contributed by atoms with E-state index in [4.69, 9.17) is 5.73 Å². The zero-order valence-corrected chi connectivity index (χ0v) is 14.4. The number of piperidine rings is 1. The molecular formula is C17H25F2N5O. The smallest absolute Gasteiger partial charge is 0.314 e. The first-order chi connectivity index (χ1) is 12.0. The third-order valence-electron chi connectivity index (χ3n) is 4.17. The molecule has 0 atom stereocenters. The van der Waals surface area contributed by atoms with Crippen molar-refractivity contribution in [2.45, 2.75) is 32.2 Å². The molecule has 2 rings (SSSR count). The van der Waals surface area contributed by atoms with Gasteiger partial charge >= 0.3 is 6.03 Å². The first kappa shape index (κ1) is 19.0. The van der Waals surface area contributed by atoms with E-state index in [0.29, 0.717) is 44.1 Å². The largest absolute Gasteiger partial charge is 0.357 e. The second kappa shape index (κ2) is 9.19. The van der Waals surface area contributed by atoms with Gasteiger partial charge in [-0.2, -0.15) is 0 Å². The fraction of sp³-hybridized carbons (Fsp3) is 0.529. The lowest BCUT2D eigenvalue weighted by Gasteiger charge is -2.32. The van der Waals surface area contributed by atoms with E-state index in [1.54, 1.807) is 11.0 Å². The molecule has 0 aliphatic carbocycles. The number of carbonyl (C=O) groups excluding carboxylic acids is 1. The summed E-state index contributed by atoms with van der Waals surface area (Å²) in [6.07, 6.45) is 1.89. The summed E-state index contributed by atoms with van der Waals surface area (Å²) in [6.45, 7) is 4.22. The maximum absolute atomic E-state index is 13.7. The van der Waals surface area contributed by atoms with Gasteiger partial charge in [-0.3, -0.25) is 4.99 Å². The Labute approximate surface area is 146 Å². The van der Waals surface area contributed by atoms with E-state index in [1.165, 1.54) is 6.07 Å². The summed E-state index contributed by atoms with van der Waals surface area (Å²) in [7, 11) is 0. The van der Waals surface area contributed by atoms with Crippen molar-refractivity contribution in [3.05, 3.63) is 35.4 Å². The number of primary amides is 1. The molecular weight excluding hydrogens is 328 g/mol. The van der Waals surface area contributed by atoms with Gasteiger partial charge in [-0.15, -0.1) is 0 Å². The number of hydrogen-bond donors (Lipinski definition) is 3. The Hall–Kier alpha value is -2.38. The Bertz CT molecular complexity index is 615. The third-order valence-corrected chi connectivity index (χ3v) is 4.17. The molecule has 8 heteroatoms. The fourth-order valence-corrected chi connectivity index (χ4v) is 2.79. The molecule has 2 amide bonds. The number of likely N-dealkylation sites (tertiary alicyclic amines) is 1. The van der Waals surface area contributed by atoms with Crippen LogP contribution in [0.2, 0.25) is 0 Å². The number of benzene rings is 1. The summed E-state index contributed by atoms with van der Waals surface area (Å²) in [5.74, 6) is -1.01. The van der Waals surface area contributed by atoms with Crippen LogP contribution in [-0.2, 0) is 6.42 Å². The molecule has 1 saturated heterocycles. The molecule has 1 aromatic carbocycles. The van der Waals surface area contributed by atoms with Crippen LogP contribution >= 0.6 is 0 Å². The Morgan fingerprint density at radius 1 is 1.36 bits per heavy atom. The van der Waals surface area contributed by atoms with Gasteiger partial charge in [-0.1, -0.05) is 12.1 Å². The van der Waals surface area contributed by atoms with Gasteiger partial charge in [0.25, 0.3) is 0 Å². The number of urea groups is 1. The van der Waals surface area contributed by atoms with Gasteiger partial charge in [-0.25, -0.2) is 13.6 Å². The number of nitrogens with zero attached hydrogens (tertiary/aromatic N) is 2. The Morgan fingerprint density at radius 2 is 2.08 bits per heavy atom. The number of guanidine groups is 1. The molecule has 138 valence electrons. The molecule has 1 fully saturated rings. The van der Waals surface area contributed by atoms with Crippen LogP contribution in [0.5, 0.6) is 0 Å². The fourth-order valence-electron chi connectivity index (χ4n) is 2.79. The molecule has 0 unspecified atom stereocenters. The van der Waals surface area contributed by atoms with Crippen molar-refractivity contribution in [3.8, 4) is 0 Å². The Balaban J connectivity index is 1.88. The summed E-state index contributed by atoms with van der Waals surface area (Å²) in [4.78, 5) is 17.2. The topological polar surface area (TPSA) is 82.8 Å². The lowest BCUT2D eigenvalue weighted by Crippen LogP contribution is -2.50. The van der Waals surface area contributed by atoms with Crippen molar-refractivity contribution in [1.82, 2.24) is 15.5 Å². The predicted octanol–water partition coefficient (Wildman–Crippen LogP) is 1.61. The van der Waals surface area contributed by atoms with E-state index in [2.05, 4.69) is 15.6 Å². The zero-order chi connectivity index (χ0) is 18.2. The quantitative estimate of drug-likeness (QED) is 0.555.